The molecular formula is C17H25BrFN. The van der Waals surface area contributed by atoms with Crippen LogP contribution in [0, 0.1) is 17.7 Å². The number of hydrogen-bond donors (Lipinski definition) is 1. The molecule has 0 radical (unpaired) electrons. The molecule has 1 N–H and O–H groups in total. The fourth-order valence-corrected chi connectivity index (χ4v) is 3.77. The second kappa shape index (κ2) is 7.56. The molecule has 0 aliphatic heterocycles. The summed E-state index contributed by atoms with van der Waals surface area (Å²) in [4.78, 5) is 0. The zero-order valence-electron chi connectivity index (χ0n) is 12.5. The van der Waals surface area contributed by atoms with Crippen molar-refractivity contribution in [1.82, 2.24) is 5.32 Å². The minimum Gasteiger partial charge on any atom is -0.310 e. The summed E-state index contributed by atoms with van der Waals surface area (Å²) in [7, 11) is 0. The third-order valence-electron chi connectivity index (χ3n) is 4.66. The topological polar surface area (TPSA) is 12.0 Å². The van der Waals surface area contributed by atoms with E-state index in [2.05, 4.69) is 35.1 Å². The molecule has 1 unspecified atom stereocenters. The quantitative estimate of drug-likeness (QED) is 0.750. The van der Waals surface area contributed by atoms with Gasteiger partial charge in [0.25, 0.3) is 0 Å². The number of rotatable bonds is 5. The highest BCUT2D eigenvalue weighted by atomic mass is 79.9. The number of nitrogens with one attached hydrogen (secondary N) is 1. The maximum absolute atomic E-state index is 14.3. The van der Waals surface area contributed by atoms with Crippen LogP contribution in [-0.4, -0.2) is 6.54 Å². The molecular weight excluding hydrogens is 317 g/mol. The third-order valence-corrected chi connectivity index (χ3v) is 5.16. The Bertz CT molecular complexity index is 427. The molecule has 0 heterocycles. The van der Waals surface area contributed by atoms with Crippen LogP contribution in [-0.2, 0) is 0 Å². The summed E-state index contributed by atoms with van der Waals surface area (Å²) >= 11 is 3.34. The van der Waals surface area contributed by atoms with Gasteiger partial charge < -0.3 is 5.32 Å². The molecule has 1 aliphatic carbocycles. The predicted octanol–water partition coefficient (Wildman–Crippen LogP) is 5.46. The largest absolute Gasteiger partial charge is 0.310 e. The fraction of sp³-hybridized carbons (Fsp3) is 0.647. The lowest BCUT2D eigenvalue weighted by Crippen LogP contribution is -2.31. The van der Waals surface area contributed by atoms with Crippen LogP contribution in [0.4, 0.5) is 4.39 Å². The highest BCUT2D eigenvalue weighted by Crippen LogP contribution is 2.38. The first-order valence-electron chi connectivity index (χ1n) is 7.84. The van der Waals surface area contributed by atoms with Gasteiger partial charge in [-0.05, 0) is 43.4 Å². The molecule has 1 saturated carbocycles. The Labute approximate surface area is 130 Å². The molecule has 112 valence electrons. The molecule has 1 aromatic carbocycles. The van der Waals surface area contributed by atoms with Crippen molar-refractivity contribution in [2.24, 2.45) is 11.8 Å². The molecule has 2 rings (SSSR count). The van der Waals surface area contributed by atoms with E-state index in [0.717, 1.165) is 22.5 Å². The van der Waals surface area contributed by atoms with Gasteiger partial charge in [-0.2, -0.15) is 0 Å². The molecule has 1 fully saturated rings. The average Bonchev–Trinajstić information content (AvgIpc) is 2.46. The Hall–Kier alpha value is -0.410. The lowest BCUT2D eigenvalue weighted by atomic mass is 9.76. The second-order valence-electron chi connectivity index (χ2n) is 5.89. The lowest BCUT2D eigenvalue weighted by Gasteiger charge is -2.34. The van der Waals surface area contributed by atoms with Gasteiger partial charge in [0, 0.05) is 16.1 Å². The van der Waals surface area contributed by atoms with Crippen molar-refractivity contribution in [1.29, 1.82) is 0 Å². The zero-order valence-corrected chi connectivity index (χ0v) is 14.0. The van der Waals surface area contributed by atoms with Crippen molar-refractivity contribution in [3.8, 4) is 0 Å². The van der Waals surface area contributed by atoms with E-state index < -0.39 is 0 Å². The summed E-state index contributed by atoms with van der Waals surface area (Å²) < 4.78 is 15.1. The van der Waals surface area contributed by atoms with Crippen molar-refractivity contribution in [2.75, 3.05) is 6.54 Å². The van der Waals surface area contributed by atoms with E-state index in [4.69, 9.17) is 0 Å². The monoisotopic (exact) mass is 341 g/mol. The first-order valence-corrected chi connectivity index (χ1v) is 8.63. The first-order chi connectivity index (χ1) is 9.65. The van der Waals surface area contributed by atoms with Crippen molar-refractivity contribution < 1.29 is 4.39 Å². The van der Waals surface area contributed by atoms with E-state index in [0.29, 0.717) is 5.92 Å². The molecule has 0 amide bonds. The molecule has 1 nitrogen and oxygen atoms in total. The Balaban J connectivity index is 2.14. The highest BCUT2D eigenvalue weighted by Gasteiger charge is 2.29. The summed E-state index contributed by atoms with van der Waals surface area (Å²) in [5.41, 5.74) is 0.829. The van der Waals surface area contributed by atoms with Crippen LogP contribution in [0.3, 0.4) is 0 Å². The summed E-state index contributed by atoms with van der Waals surface area (Å²) in [6.45, 7) is 5.26. The SMILES string of the molecule is CCNC(c1ccc(Br)cc1F)C1CCC(CC)CC1. The van der Waals surface area contributed by atoms with Crippen LogP contribution in [0.1, 0.15) is 57.6 Å². The van der Waals surface area contributed by atoms with Crippen molar-refractivity contribution in [3.05, 3.63) is 34.1 Å². The molecule has 0 bridgehead atoms. The lowest BCUT2D eigenvalue weighted by molar-refractivity contribution is 0.217. The molecule has 3 heteroatoms. The van der Waals surface area contributed by atoms with Gasteiger partial charge in [-0.3, -0.25) is 0 Å². The molecule has 0 spiro atoms. The van der Waals surface area contributed by atoms with E-state index in [-0.39, 0.29) is 11.9 Å². The van der Waals surface area contributed by atoms with Crippen molar-refractivity contribution in [3.63, 3.8) is 0 Å². The van der Waals surface area contributed by atoms with Crippen molar-refractivity contribution in [2.45, 2.75) is 52.0 Å². The van der Waals surface area contributed by atoms with Crippen LogP contribution < -0.4 is 5.32 Å². The van der Waals surface area contributed by atoms with E-state index in [1.807, 2.05) is 12.1 Å². The van der Waals surface area contributed by atoms with E-state index in [1.165, 1.54) is 32.1 Å². The van der Waals surface area contributed by atoms with Crippen LogP contribution in [0.2, 0.25) is 0 Å². The minimum absolute atomic E-state index is 0.0945. The van der Waals surface area contributed by atoms with Gasteiger partial charge in [-0.15, -0.1) is 0 Å². The number of halogens is 2. The van der Waals surface area contributed by atoms with Gasteiger partial charge in [0.2, 0.25) is 0 Å². The molecule has 20 heavy (non-hydrogen) atoms. The smallest absolute Gasteiger partial charge is 0.129 e. The standard InChI is InChI=1S/C17H25BrFN/c1-3-12-5-7-13(8-6-12)17(20-4-2)15-10-9-14(18)11-16(15)19/h9-13,17,20H,3-8H2,1-2H3. The molecule has 1 atom stereocenters. The average molecular weight is 342 g/mol. The molecule has 1 aliphatic rings. The summed E-state index contributed by atoms with van der Waals surface area (Å²) in [5.74, 6) is 1.35. The van der Waals surface area contributed by atoms with Crippen molar-refractivity contribution >= 4 is 15.9 Å². The van der Waals surface area contributed by atoms with E-state index in [9.17, 15) is 4.39 Å². The van der Waals surface area contributed by atoms with Gasteiger partial charge in [0.05, 0.1) is 0 Å². The highest BCUT2D eigenvalue weighted by molar-refractivity contribution is 9.10. The Morgan fingerprint density at radius 2 is 1.95 bits per heavy atom. The normalized spacial score (nSPS) is 24.6. The van der Waals surface area contributed by atoms with Crippen LogP contribution >= 0.6 is 15.9 Å². The van der Waals surface area contributed by atoms with Crippen LogP contribution in [0.5, 0.6) is 0 Å². The summed E-state index contributed by atoms with van der Waals surface area (Å²) in [6, 6.07) is 5.61. The van der Waals surface area contributed by atoms with Gasteiger partial charge in [-0.1, -0.05) is 55.1 Å². The zero-order chi connectivity index (χ0) is 14.5. The second-order valence-corrected chi connectivity index (χ2v) is 6.81. The maximum atomic E-state index is 14.3. The Kier molecular flexibility index (Phi) is 6.03. The fourth-order valence-electron chi connectivity index (χ4n) is 3.43. The van der Waals surface area contributed by atoms with E-state index in [1.54, 1.807) is 6.07 Å². The van der Waals surface area contributed by atoms with Gasteiger partial charge >= 0.3 is 0 Å². The van der Waals surface area contributed by atoms with Crippen LogP contribution in [0.15, 0.2) is 22.7 Å². The van der Waals surface area contributed by atoms with Gasteiger partial charge in [-0.25, -0.2) is 4.39 Å². The number of hydrogen-bond acceptors (Lipinski definition) is 1. The minimum atomic E-state index is -0.0945. The Morgan fingerprint density at radius 1 is 1.25 bits per heavy atom. The maximum Gasteiger partial charge on any atom is 0.129 e. The molecule has 1 aromatic rings. The molecule has 0 saturated heterocycles. The van der Waals surface area contributed by atoms with Gasteiger partial charge in [0.15, 0.2) is 0 Å². The predicted molar refractivity (Wildman–Crippen MR) is 86.3 cm³/mol. The van der Waals surface area contributed by atoms with Gasteiger partial charge in [0.1, 0.15) is 5.82 Å². The summed E-state index contributed by atoms with van der Waals surface area (Å²) in [5, 5.41) is 3.51. The first kappa shape index (κ1) is 16.0. The summed E-state index contributed by atoms with van der Waals surface area (Å²) in [6.07, 6.45) is 6.30. The molecule has 0 aromatic heterocycles. The Morgan fingerprint density at radius 3 is 2.50 bits per heavy atom. The third kappa shape index (κ3) is 3.82. The van der Waals surface area contributed by atoms with Crippen LogP contribution in [0.25, 0.3) is 0 Å². The number of benzene rings is 1. The van der Waals surface area contributed by atoms with E-state index >= 15 is 0 Å².